The highest BCUT2D eigenvalue weighted by atomic mass is 16.1. The molecule has 1 amide bonds. The second-order valence-electron chi connectivity index (χ2n) is 6.60. The maximum absolute atomic E-state index is 12.7. The zero-order chi connectivity index (χ0) is 17.9. The molecule has 0 unspecified atom stereocenters. The maximum atomic E-state index is 12.7. The van der Waals surface area contributed by atoms with E-state index in [0.717, 1.165) is 30.0 Å². The van der Waals surface area contributed by atoms with Crippen molar-refractivity contribution in [3.05, 3.63) is 71.8 Å². The van der Waals surface area contributed by atoms with Crippen LogP contribution < -0.4 is 10.6 Å². The van der Waals surface area contributed by atoms with Crippen LogP contribution in [0.3, 0.4) is 0 Å². The molecular formula is C20H21N5O. The molecule has 0 bridgehead atoms. The molecule has 6 heteroatoms. The summed E-state index contributed by atoms with van der Waals surface area (Å²) in [4.78, 5) is 12.7. The Morgan fingerprint density at radius 2 is 1.92 bits per heavy atom. The van der Waals surface area contributed by atoms with Crippen LogP contribution in [0, 0.1) is 6.92 Å². The predicted molar refractivity (Wildman–Crippen MR) is 100 cm³/mol. The fourth-order valence-electron chi connectivity index (χ4n) is 2.89. The number of carbonyl (C=O) groups is 1. The molecule has 0 atom stereocenters. The van der Waals surface area contributed by atoms with Gasteiger partial charge in [-0.3, -0.25) is 4.79 Å². The Morgan fingerprint density at radius 3 is 2.69 bits per heavy atom. The van der Waals surface area contributed by atoms with Gasteiger partial charge in [0, 0.05) is 11.7 Å². The van der Waals surface area contributed by atoms with Crippen molar-refractivity contribution in [2.45, 2.75) is 32.4 Å². The van der Waals surface area contributed by atoms with E-state index in [0.29, 0.717) is 18.2 Å². The van der Waals surface area contributed by atoms with Gasteiger partial charge in [-0.2, -0.15) is 0 Å². The number of nitrogens with one attached hydrogen (secondary N) is 2. The van der Waals surface area contributed by atoms with Crippen molar-refractivity contribution in [2.24, 2.45) is 0 Å². The molecule has 1 aliphatic carbocycles. The maximum Gasteiger partial charge on any atom is 0.253 e. The summed E-state index contributed by atoms with van der Waals surface area (Å²) in [6.07, 6.45) is 4.05. The van der Waals surface area contributed by atoms with Crippen molar-refractivity contribution in [3.63, 3.8) is 0 Å². The third-order valence-corrected chi connectivity index (χ3v) is 4.50. The van der Waals surface area contributed by atoms with Gasteiger partial charge < -0.3 is 15.2 Å². The SMILES string of the molecule is Cc1ccc(Nc2ccccc2C(=O)NCc2nncn2C2CC2)cc1. The third-order valence-electron chi connectivity index (χ3n) is 4.50. The monoisotopic (exact) mass is 347 g/mol. The predicted octanol–water partition coefficient (Wildman–Crippen LogP) is 3.60. The van der Waals surface area contributed by atoms with Crippen molar-refractivity contribution in [2.75, 3.05) is 5.32 Å². The molecule has 6 nitrogen and oxygen atoms in total. The van der Waals surface area contributed by atoms with E-state index in [1.807, 2.05) is 55.5 Å². The molecule has 0 saturated heterocycles. The van der Waals surface area contributed by atoms with E-state index in [4.69, 9.17) is 0 Å². The van der Waals surface area contributed by atoms with Crippen molar-refractivity contribution >= 4 is 17.3 Å². The molecule has 132 valence electrons. The molecule has 2 aromatic carbocycles. The smallest absolute Gasteiger partial charge is 0.253 e. The molecule has 1 saturated carbocycles. The van der Waals surface area contributed by atoms with Gasteiger partial charge in [-0.15, -0.1) is 10.2 Å². The molecule has 4 rings (SSSR count). The van der Waals surface area contributed by atoms with Crippen LogP contribution in [0.4, 0.5) is 11.4 Å². The highest BCUT2D eigenvalue weighted by molar-refractivity contribution is 6.00. The summed E-state index contributed by atoms with van der Waals surface area (Å²) in [5.74, 6) is 0.662. The van der Waals surface area contributed by atoms with Gasteiger partial charge in [-0.25, -0.2) is 0 Å². The Kier molecular flexibility index (Phi) is 4.39. The molecule has 1 aromatic heterocycles. The number of hydrogen-bond donors (Lipinski definition) is 2. The first-order valence-electron chi connectivity index (χ1n) is 8.80. The Morgan fingerprint density at radius 1 is 1.15 bits per heavy atom. The number of rotatable bonds is 6. The lowest BCUT2D eigenvalue weighted by Crippen LogP contribution is -2.25. The molecule has 0 radical (unpaired) electrons. The lowest BCUT2D eigenvalue weighted by atomic mass is 10.1. The molecule has 1 aliphatic rings. The Labute approximate surface area is 152 Å². The first kappa shape index (κ1) is 16.3. The summed E-state index contributed by atoms with van der Waals surface area (Å²) in [6, 6.07) is 16.1. The van der Waals surface area contributed by atoms with Crippen LogP contribution in [0.15, 0.2) is 54.9 Å². The largest absolute Gasteiger partial charge is 0.355 e. The zero-order valence-electron chi connectivity index (χ0n) is 14.6. The van der Waals surface area contributed by atoms with Crippen LogP contribution >= 0.6 is 0 Å². The lowest BCUT2D eigenvalue weighted by molar-refractivity contribution is 0.0950. The minimum Gasteiger partial charge on any atom is -0.355 e. The molecule has 1 heterocycles. The van der Waals surface area contributed by atoms with E-state index in [1.165, 1.54) is 5.56 Å². The number of aryl methyl sites for hydroxylation is 1. The van der Waals surface area contributed by atoms with Crippen LogP contribution in [0.5, 0.6) is 0 Å². The van der Waals surface area contributed by atoms with Gasteiger partial charge in [0.1, 0.15) is 6.33 Å². The Hall–Kier alpha value is -3.15. The number of carbonyl (C=O) groups excluding carboxylic acids is 1. The van der Waals surface area contributed by atoms with Crippen LogP contribution in [0.25, 0.3) is 0 Å². The van der Waals surface area contributed by atoms with Gasteiger partial charge in [0.2, 0.25) is 0 Å². The number of aromatic nitrogens is 3. The topological polar surface area (TPSA) is 71.8 Å². The van der Waals surface area contributed by atoms with Crippen molar-refractivity contribution in [1.82, 2.24) is 20.1 Å². The summed E-state index contributed by atoms with van der Waals surface area (Å²) in [7, 11) is 0. The van der Waals surface area contributed by atoms with E-state index in [9.17, 15) is 4.79 Å². The van der Waals surface area contributed by atoms with E-state index < -0.39 is 0 Å². The molecule has 1 fully saturated rings. The number of amides is 1. The lowest BCUT2D eigenvalue weighted by Gasteiger charge is -2.12. The van der Waals surface area contributed by atoms with E-state index in [1.54, 1.807) is 6.33 Å². The van der Waals surface area contributed by atoms with Gasteiger partial charge in [-0.05, 0) is 44.0 Å². The van der Waals surface area contributed by atoms with Crippen LogP contribution in [-0.4, -0.2) is 20.7 Å². The average molecular weight is 347 g/mol. The van der Waals surface area contributed by atoms with Gasteiger partial charge >= 0.3 is 0 Å². The summed E-state index contributed by atoms with van der Waals surface area (Å²) < 4.78 is 2.05. The van der Waals surface area contributed by atoms with Gasteiger partial charge in [0.05, 0.1) is 17.8 Å². The van der Waals surface area contributed by atoms with Gasteiger partial charge in [0.15, 0.2) is 5.82 Å². The summed E-state index contributed by atoms with van der Waals surface area (Å²) in [5.41, 5.74) is 3.52. The van der Waals surface area contributed by atoms with Gasteiger partial charge in [-0.1, -0.05) is 29.8 Å². The highest BCUT2D eigenvalue weighted by Crippen LogP contribution is 2.35. The van der Waals surface area contributed by atoms with Crippen molar-refractivity contribution in [1.29, 1.82) is 0 Å². The van der Waals surface area contributed by atoms with Crippen molar-refractivity contribution < 1.29 is 4.79 Å². The van der Waals surface area contributed by atoms with E-state index >= 15 is 0 Å². The molecule has 0 spiro atoms. The summed E-state index contributed by atoms with van der Waals surface area (Å²) in [5, 5.41) is 14.4. The van der Waals surface area contributed by atoms with Crippen LogP contribution in [-0.2, 0) is 6.54 Å². The average Bonchev–Trinajstić information content (AvgIpc) is 3.40. The second kappa shape index (κ2) is 7.00. The summed E-state index contributed by atoms with van der Waals surface area (Å²) >= 11 is 0. The minimum atomic E-state index is -0.134. The minimum absolute atomic E-state index is 0.134. The van der Waals surface area contributed by atoms with E-state index in [-0.39, 0.29) is 5.91 Å². The fourth-order valence-corrected chi connectivity index (χ4v) is 2.89. The third kappa shape index (κ3) is 3.59. The quantitative estimate of drug-likeness (QED) is 0.715. The van der Waals surface area contributed by atoms with Crippen molar-refractivity contribution in [3.8, 4) is 0 Å². The first-order chi connectivity index (χ1) is 12.7. The fraction of sp³-hybridized carbons (Fsp3) is 0.250. The van der Waals surface area contributed by atoms with Gasteiger partial charge in [0.25, 0.3) is 5.91 Å². The number of nitrogens with zero attached hydrogens (tertiary/aromatic N) is 3. The normalized spacial score (nSPS) is 13.4. The van der Waals surface area contributed by atoms with Crippen LogP contribution in [0.2, 0.25) is 0 Å². The summed E-state index contributed by atoms with van der Waals surface area (Å²) in [6.45, 7) is 2.42. The molecule has 26 heavy (non-hydrogen) atoms. The molecule has 2 N–H and O–H groups in total. The Bertz CT molecular complexity index is 912. The van der Waals surface area contributed by atoms with Crippen LogP contribution in [0.1, 0.15) is 40.6 Å². The molecule has 3 aromatic rings. The zero-order valence-corrected chi connectivity index (χ0v) is 14.6. The number of hydrogen-bond acceptors (Lipinski definition) is 4. The molecular weight excluding hydrogens is 326 g/mol. The highest BCUT2D eigenvalue weighted by Gasteiger charge is 2.26. The van der Waals surface area contributed by atoms with E-state index in [2.05, 4.69) is 25.4 Å². The number of anilines is 2. The molecule has 0 aliphatic heterocycles. The second-order valence-corrected chi connectivity index (χ2v) is 6.60. The standard InChI is InChI=1S/C20H21N5O/c1-14-6-8-15(9-7-14)23-18-5-3-2-4-17(18)20(26)21-12-19-24-22-13-25(19)16-10-11-16/h2-9,13,16,23H,10-12H2,1H3,(H,21,26). The number of para-hydroxylation sites is 1. The number of benzene rings is 2. The first-order valence-corrected chi connectivity index (χ1v) is 8.80. The Balaban J connectivity index is 1.47.